The number of thioether (sulfide) groups is 3. The highest BCUT2D eigenvalue weighted by atomic mass is 32.2. The lowest BCUT2D eigenvalue weighted by Crippen LogP contribution is -2.21. The molecule has 0 spiro atoms. The maximum atomic E-state index is 11.5. The molecule has 1 rings (SSSR count). The molecule has 3 amide bonds. The lowest BCUT2D eigenvalue weighted by atomic mass is 10.3. The van der Waals surface area contributed by atoms with Crippen LogP contribution in [0.5, 0.6) is 0 Å². The van der Waals surface area contributed by atoms with Gasteiger partial charge in [0.1, 0.15) is 10.1 Å². The number of aromatic nitrogens is 2. The summed E-state index contributed by atoms with van der Waals surface area (Å²) < 4.78 is 0. The van der Waals surface area contributed by atoms with Crippen LogP contribution in [0.25, 0.3) is 0 Å². The van der Waals surface area contributed by atoms with Gasteiger partial charge < -0.3 is 0 Å². The Morgan fingerprint density at radius 3 is 1.42 bits per heavy atom. The number of nitrogens with one attached hydrogen (secondary N) is 3. The van der Waals surface area contributed by atoms with Gasteiger partial charge in [-0.15, -0.1) is 23.5 Å². The second kappa shape index (κ2) is 18.8. The Morgan fingerprint density at radius 1 is 0.697 bits per heavy atom. The van der Waals surface area contributed by atoms with Crippen LogP contribution in [0.4, 0.5) is 0 Å². The van der Waals surface area contributed by atoms with E-state index in [0.717, 1.165) is 21.6 Å². The Labute approximate surface area is 206 Å². The average molecular weight is 522 g/mol. The highest BCUT2D eigenvalue weighted by Crippen LogP contribution is 2.27. The molecule has 0 unspecified atom stereocenters. The highest BCUT2D eigenvalue weighted by Gasteiger charge is 2.09. The molecule has 14 heteroatoms. The number of carbonyl (C=O) groups is 3. The third-order valence-corrected chi connectivity index (χ3v) is 6.61. The molecule has 1 heterocycles. The first-order valence-corrected chi connectivity index (χ1v) is 13.2. The molecule has 0 saturated carbocycles. The predicted molar refractivity (Wildman–Crippen MR) is 127 cm³/mol. The Hall–Kier alpha value is -1.58. The van der Waals surface area contributed by atoms with E-state index in [1.165, 1.54) is 33.1 Å². The molecular formula is C19H31N5O6S3. The maximum absolute atomic E-state index is 11.5. The summed E-state index contributed by atoms with van der Waals surface area (Å²) in [5.74, 6) is 1.62. The fraction of sp³-hybridized carbons (Fsp3) is 0.632. The molecule has 0 radical (unpaired) electrons. The molecule has 0 aromatic carbocycles. The van der Waals surface area contributed by atoms with Crippen molar-refractivity contribution in [2.24, 2.45) is 0 Å². The molecule has 0 aliphatic carbocycles. The van der Waals surface area contributed by atoms with Crippen LogP contribution in [0.1, 0.15) is 38.5 Å². The van der Waals surface area contributed by atoms with E-state index in [2.05, 4.69) is 40.9 Å². The number of nitrogens with zero attached hydrogens (tertiary/aromatic N) is 2. The predicted octanol–water partition coefficient (Wildman–Crippen LogP) is 2.13. The first-order valence-electron chi connectivity index (χ1n) is 10.2. The summed E-state index contributed by atoms with van der Waals surface area (Å²) in [4.78, 5) is 57.4. The standard InChI is InChI=1S/C19H31N5O6S3/c1-28-22-14(25)7-4-10-31-17-13-18(32-11-5-8-15(26)23-29-2)21-19(20-17)33-12-6-9-16(27)24-30-3/h13H,4-12H2,1-3H3,(H,22,25)(H,23,26)(H,24,27). The molecule has 0 aliphatic heterocycles. The summed E-state index contributed by atoms with van der Waals surface area (Å²) in [6, 6.07) is 1.91. The fourth-order valence-corrected chi connectivity index (χ4v) is 4.98. The topological polar surface area (TPSA) is 141 Å². The molecule has 0 aliphatic rings. The molecule has 0 atom stereocenters. The van der Waals surface area contributed by atoms with Gasteiger partial charge in [-0.2, -0.15) is 0 Å². The number of rotatable bonds is 18. The van der Waals surface area contributed by atoms with Crippen molar-refractivity contribution in [1.82, 2.24) is 26.4 Å². The van der Waals surface area contributed by atoms with Crippen molar-refractivity contribution in [2.75, 3.05) is 38.6 Å². The number of hydrogen-bond donors (Lipinski definition) is 3. The van der Waals surface area contributed by atoms with Gasteiger partial charge in [0.25, 0.3) is 0 Å². The molecule has 11 nitrogen and oxygen atoms in total. The molecule has 0 fully saturated rings. The van der Waals surface area contributed by atoms with Crippen molar-refractivity contribution in [1.29, 1.82) is 0 Å². The van der Waals surface area contributed by atoms with E-state index in [0.29, 0.717) is 49.4 Å². The number of amides is 3. The van der Waals surface area contributed by atoms with Gasteiger partial charge in [0, 0.05) is 31.1 Å². The normalized spacial score (nSPS) is 10.6. The van der Waals surface area contributed by atoms with E-state index in [-0.39, 0.29) is 17.7 Å². The van der Waals surface area contributed by atoms with E-state index >= 15 is 0 Å². The molecule has 0 bridgehead atoms. The average Bonchev–Trinajstić information content (AvgIpc) is 2.78. The van der Waals surface area contributed by atoms with Gasteiger partial charge in [-0.3, -0.25) is 28.9 Å². The molecule has 1 aromatic heterocycles. The number of hydroxylamine groups is 3. The molecule has 186 valence electrons. The summed E-state index contributed by atoms with van der Waals surface area (Å²) in [5, 5.41) is 2.26. The molecule has 0 saturated heterocycles. The van der Waals surface area contributed by atoms with Crippen LogP contribution >= 0.6 is 35.3 Å². The Balaban J connectivity index is 2.61. The third-order valence-electron chi connectivity index (χ3n) is 3.68. The zero-order chi connectivity index (χ0) is 24.3. The molecule has 33 heavy (non-hydrogen) atoms. The first-order chi connectivity index (χ1) is 16.0. The van der Waals surface area contributed by atoms with Crippen LogP contribution in [0.3, 0.4) is 0 Å². The summed E-state index contributed by atoms with van der Waals surface area (Å²) >= 11 is 4.58. The second-order valence-corrected chi connectivity index (χ2v) is 9.66. The van der Waals surface area contributed by atoms with Crippen LogP contribution in [0.15, 0.2) is 21.3 Å². The number of carbonyl (C=O) groups excluding carboxylic acids is 3. The quantitative estimate of drug-likeness (QED) is 0.0860. The van der Waals surface area contributed by atoms with Gasteiger partial charge in [-0.1, -0.05) is 11.8 Å². The van der Waals surface area contributed by atoms with E-state index < -0.39 is 0 Å². The maximum Gasteiger partial charge on any atom is 0.243 e. The van der Waals surface area contributed by atoms with Crippen molar-refractivity contribution >= 4 is 53.0 Å². The zero-order valence-electron chi connectivity index (χ0n) is 19.0. The molecular weight excluding hydrogens is 490 g/mol. The van der Waals surface area contributed by atoms with Gasteiger partial charge in [-0.05, 0) is 30.8 Å². The van der Waals surface area contributed by atoms with Crippen molar-refractivity contribution in [3.63, 3.8) is 0 Å². The van der Waals surface area contributed by atoms with Crippen molar-refractivity contribution in [3.8, 4) is 0 Å². The zero-order valence-corrected chi connectivity index (χ0v) is 21.5. The van der Waals surface area contributed by atoms with Crippen LogP contribution in [-0.2, 0) is 28.9 Å². The largest absolute Gasteiger partial charge is 0.277 e. The highest BCUT2D eigenvalue weighted by molar-refractivity contribution is 8.00. The van der Waals surface area contributed by atoms with E-state index in [4.69, 9.17) is 0 Å². The van der Waals surface area contributed by atoms with Crippen molar-refractivity contribution < 1.29 is 28.9 Å². The molecule has 3 N–H and O–H groups in total. The molecule has 1 aromatic rings. The summed E-state index contributed by atoms with van der Waals surface area (Å²) in [6.45, 7) is 0. The van der Waals surface area contributed by atoms with Gasteiger partial charge in [0.15, 0.2) is 5.16 Å². The van der Waals surface area contributed by atoms with E-state index in [1.54, 1.807) is 23.5 Å². The van der Waals surface area contributed by atoms with E-state index in [1.807, 2.05) is 6.07 Å². The lowest BCUT2D eigenvalue weighted by Gasteiger charge is -2.08. The smallest absolute Gasteiger partial charge is 0.243 e. The van der Waals surface area contributed by atoms with Crippen molar-refractivity contribution in [2.45, 2.75) is 53.7 Å². The lowest BCUT2D eigenvalue weighted by molar-refractivity contribution is -0.132. The first kappa shape index (κ1) is 29.5. The number of hydrogen-bond acceptors (Lipinski definition) is 11. The minimum Gasteiger partial charge on any atom is -0.277 e. The Kier molecular flexibility index (Phi) is 16.8. The minimum absolute atomic E-state index is 0.164. The SMILES string of the molecule is CONC(=O)CCCSc1cc(SCCCC(=O)NOC)nc(SCCCC(=O)NOC)n1. The third kappa shape index (κ3) is 15.0. The van der Waals surface area contributed by atoms with Crippen LogP contribution in [0, 0.1) is 0 Å². The summed E-state index contributed by atoms with van der Waals surface area (Å²) in [5.41, 5.74) is 6.89. The fourth-order valence-electron chi connectivity index (χ4n) is 2.31. The van der Waals surface area contributed by atoms with Gasteiger partial charge in [0.2, 0.25) is 17.7 Å². The minimum atomic E-state index is -0.172. The van der Waals surface area contributed by atoms with Gasteiger partial charge >= 0.3 is 0 Å². The Morgan fingerprint density at radius 2 is 1.06 bits per heavy atom. The van der Waals surface area contributed by atoms with E-state index in [9.17, 15) is 14.4 Å². The van der Waals surface area contributed by atoms with Crippen LogP contribution < -0.4 is 16.4 Å². The summed E-state index contributed by atoms with van der Waals surface area (Å²) in [6.07, 6.45) is 3.09. The Bertz CT molecular complexity index is 636. The van der Waals surface area contributed by atoms with Gasteiger partial charge in [-0.25, -0.2) is 26.4 Å². The second-order valence-electron chi connectivity index (χ2n) is 6.37. The summed E-state index contributed by atoms with van der Waals surface area (Å²) in [7, 11) is 4.21. The van der Waals surface area contributed by atoms with Crippen LogP contribution in [0.2, 0.25) is 0 Å². The van der Waals surface area contributed by atoms with Crippen LogP contribution in [-0.4, -0.2) is 66.3 Å². The van der Waals surface area contributed by atoms with Gasteiger partial charge in [0.05, 0.1) is 21.3 Å². The monoisotopic (exact) mass is 521 g/mol. The van der Waals surface area contributed by atoms with Crippen molar-refractivity contribution in [3.05, 3.63) is 6.07 Å².